The molecule has 0 spiro atoms. The molecule has 2 bridgehead atoms. The van der Waals surface area contributed by atoms with Crippen molar-refractivity contribution < 1.29 is 17.7 Å². The van der Waals surface area contributed by atoms with E-state index < -0.39 is 10.0 Å². The standard InChI is InChI=1S/C19H23N3O4S/c1-13-8-16(21-26-13)11-20-27(24,25)18-7-3-5-15(10-18)19(23)22-12-14-4-2-6-17(22)9-14/h3,5,7-8,10,14,17,20H,2,4,6,9,11-12H2,1H3. The van der Waals surface area contributed by atoms with Crippen LogP contribution in [0.5, 0.6) is 0 Å². The van der Waals surface area contributed by atoms with E-state index in [-0.39, 0.29) is 17.3 Å². The van der Waals surface area contributed by atoms with Gasteiger partial charge in [0.1, 0.15) is 5.76 Å². The fraction of sp³-hybridized carbons (Fsp3) is 0.474. The second-order valence-electron chi connectivity index (χ2n) is 7.43. The molecule has 2 unspecified atom stereocenters. The van der Waals surface area contributed by atoms with Crippen molar-refractivity contribution in [1.29, 1.82) is 0 Å². The lowest BCUT2D eigenvalue weighted by atomic mass is 9.90. The summed E-state index contributed by atoms with van der Waals surface area (Å²) in [6, 6.07) is 8.23. The number of benzene rings is 1. The third-order valence-electron chi connectivity index (χ3n) is 5.42. The maximum atomic E-state index is 12.9. The first kappa shape index (κ1) is 18.2. The molecule has 1 saturated heterocycles. The Hall–Kier alpha value is -2.19. The maximum absolute atomic E-state index is 12.9. The van der Waals surface area contributed by atoms with E-state index in [4.69, 9.17) is 4.52 Å². The minimum absolute atomic E-state index is 0.0354. The fourth-order valence-corrected chi connectivity index (χ4v) is 5.15. The minimum atomic E-state index is -3.75. The summed E-state index contributed by atoms with van der Waals surface area (Å²) in [6.07, 6.45) is 4.46. The highest BCUT2D eigenvalue weighted by Gasteiger charge is 2.38. The highest BCUT2D eigenvalue weighted by Crippen LogP contribution is 2.36. The largest absolute Gasteiger partial charge is 0.361 e. The Bertz CT molecular complexity index is 953. The SMILES string of the molecule is Cc1cc(CNS(=O)(=O)c2cccc(C(=O)N3CC4CCCC3C4)c2)no1. The molecule has 4 rings (SSSR count). The number of amides is 1. The first-order valence-corrected chi connectivity index (χ1v) is 10.7. The van der Waals surface area contributed by atoms with Crippen molar-refractivity contribution in [2.75, 3.05) is 6.54 Å². The molecular weight excluding hydrogens is 366 g/mol. The molecule has 1 aliphatic carbocycles. The van der Waals surface area contributed by atoms with Crippen molar-refractivity contribution in [2.45, 2.75) is 50.1 Å². The first-order chi connectivity index (χ1) is 12.9. The van der Waals surface area contributed by atoms with Crippen molar-refractivity contribution in [3.63, 3.8) is 0 Å². The Labute approximate surface area is 158 Å². The molecule has 1 aromatic carbocycles. The van der Waals surface area contributed by atoms with E-state index in [0.29, 0.717) is 29.0 Å². The van der Waals surface area contributed by atoms with E-state index in [1.807, 2.05) is 4.90 Å². The molecule has 144 valence electrons. The van der Waals surface area contributed by atoms with E-state index in [9.17, 15) is 13.2 Å². The molecule has 2 aliphatic rings. The van der Waals surface area contributed by atoms with Gasteiger partial charge in [-0.25, -0.2) is 13.1 Å². The molecule has 1 saturated carbocycles. The summed E-state index contributed by atoms with van der Waals surface area (Å²) in [5, 5.41) is 3.78. The lowest BCUT2D eigenvalue weighted by molar-refractivity contribution is 0.0733. The normalized spacial score (nSPS) is 22.2. The molecule has 8 heteroatoms. The van der Waals surface area contributed by atoms with Gasteiger partial charge >= 0.3 is 0 Å². The van der Waals surface area contributed by atoms with Crippen molar-refractivity contribution in [3.05, 3.63) is 47.3 Å². The lowest BCUT2D eigenvalue weighted by Crippen LogP contribution is -2.35. The first-order valence-electron chi connectivity index (χ1n) is 9.25. The fourth-order valence-electron chi connectivity index (χ4n) is 4.10. The molecular formula is C19H23N3O4S. The van der Waals surface area contributed by atoms with Gasteiger partial charge in [0.05, 0.1) is 17.1 Å². The molecule has 2 atom stereocenters. The summed E-state index contributed by atoms with van der Waals surface area (Å²) < 4.78 is 32.6. The van der Waals surface area contributed by atoms with Crippen LogP contribution in [0.4, 0.5) is 0 Å². The quantitative estimate of drug-likeness (QED) is 0.848. The van der Waals surface area contributed by atoms with Gasteiger partial charge in [-0.3, -0.25) is 4.79 Å². The van der Waals surface area contributed by atoms with Crippen LogP contribution < -0.4 is 4.72 Å². The van der Waals surface area contributed by atoms with E-state index >= 15 is 0 Å². The van der Waals surface area contributed by atoms with Gasteiger partial charge in [0.15, 0.2) is 0 Å². The number of fused-ring (bicyclic) bond motifs is 2. The number of carbonyl (C=O) groups excluding carboxylic acids is 1. The molecule has 1 amide bonds. The number of hydrogen-bond donors (Lipinski definition) is 1. The Balaban J connectivity index is 1.50. The van der Waals surface area contributed by atoms with Crippen molar-refractivity contribution in [1.82, 2.24) is 14.8 Å². The number of rotatable bonds is 5. The van der Waals surface area contributed by atoms with Crippen molar-refractivity contribution >= 4 is 15.9 Å². The van der Waals surface area contributed by atoms with Crippen LogP contribution in [0.25, 0.3) is 0 Å². The number of likely N-dealkylation sites (tertiary alicyclic amines) is 1. The van der Waals surface area contributed by atoms with Gasteiger partial charge in [-0.1, -0.05) is 17.6 Å². The highest BCUT2D eigenvalue weighted by atomic mass is 32.2. The monoisotopic (exact) mass is 389 g/mol. The minimum Gasteiger partial charge on any atom is -0.361 e. The lowest BCUT2D eigenvalue weighted by Gasteiger charge is -2.24. The zero-order chi connectivity index (χ0) is 19.0. The molecule has 1 N–H and O–H groups in total. The van der Waals surface area contributed by atoms with E-state index in [1.54, 1.807) is 25.1 Å². The topological polar surface area (TPSA) is 92.5 Å². The molecule has 2 aromatic rings. The summed E-state index contributed by atoms with van der Waals surface area (Å²) in [5.41, 5.74) is 0.926. The zero-order valence-electron chi connectivity index (χ0n) is 15.2. The van der Waals surface area contributed by atoms with Gasteiger partial charge < -0.3 is 9.42 Å². The third-order valence-corrected chi connectivity index (χ3v) is 6.82. The Morgan fingerprint density at radius 1 is 1.33 bits per heavy atom. The molecule has 27 heavy (non-hydrogen) atoms. The van der Waals surface area contributed by atoms with Crippen LogP contribution in [-0.2, 0) is 16.6 Å². The average Bonchev–Trinajstić information content (AvgIpc) is 3.22. The predicted molar refractivity (Wildman–Crippen MR) is 98.5 cm³/mol. The summed E-state index contributed by atoms with van der Waals surface area (Å²) in [5.74, 6) is 1.13. The zero-order valence-corrected chi connectivity index (χ0v) is 16.0. The number of aryl methyl sites for hydroxylation is 1. The molecule has 1 aromatic heterocycles. The van der Waals surface area contributed by atoms with Crippen LogP contribution in [-0.4, -0.2) is 37.0 Å². The third kappa shape index (κ3) is 3.77. The van der Waals surface area contributed by atoms with Crippen LogP contribution >= 0.6 is 0 Å². The molecule has 2 fully saturated rings. The van der Waals surface area contributed by atoms with Crippen LogP contribution in [0.3, 0.4) is 0 Å². The van der Waals surface area contributed by atoms with Gasteiger partial charge in [-0.05, 0) is 50.3 Å². The van der Waals surface area contributed by atoms with E-state index in [2.05, 4.69) is 9.88 Å². The Kier molecular flexibility index (Phi) is 4.77. The number of nitrogens with one attached hydrogen (secondary N) is 1. The van der Waals surface area contributed by atoms with Gasteiger partial charge in [0.25, 0.3) is 5.91 Å². The molecule has 2 heterocycles. The Morgan fingerprint density at radius 2 is 2.19 bits per heavy atom. The van der Waals surface area contributed by atoms with Gasteiger partial charge in [-0.15, -0.1) is 0 Å². The maximum Gasteiger partial charge on any atom is 0.254 e. The molecule has 1 aliphatic heterocycles. The van der Waals surface area contributed by atoms with Crippen molar-refractivity contribution in [2.24, 2.45) is 5.92 Å². The summed E-state index contributed by atoms with van der Waals surface area (Å²) >= 11 is 0. The van der Waals surface area contributed by atoms with E-state index in [1.165, 1.54) is 25.0 Å². The number of aromatic nitrogens is 1. The van der Waals surface area contributed by atoms with Crippen LogP contribution in [0.15, 0.2) is 39.8 Å². The second kappa shape index (κ2) is 7.09. The van der Waals surface area contributed by atoms with Gasteiger partial charge in [0.2, 0.25) is 10.0 Å². The van der Waals surface area contributed by atoms with Gasteiger partial charge in [0, 0.05) is 24.2 Å². The number of nitrogens with zero attached hydrogens (tertiary/aromatic N) is 2. The summed E-state index contributed by atoms with van der Waals surface area (Å²) in [7, 11) is -3.75. The molecule has 0 radical (unpaired) electrons. The smallest absolute Gasteiger partial charge is 0.254 e. The number of sulfonamides is 1. The summed E-state index contributed by atoms with van der Waals surface area (Å²) in [4.78, 5) is 14.9. The number of hydrogen-bond acceptors (Lipinski definition) is 5. The van der Waals surface area contributed by atoms with Crippen molar-refractivity contribution in [3.8, 4) is 0 Å². The highest BCUT2D eigenvalue weighted by molar-refractivity contribution is 7.89. The second-order valence-corrected chi connectivity index (χ2v) is 9.19. The van der Waals surface area contributed by atoms with Crippen LogP contribution in [0, 0.1) is 12.8 Å². The Morgan fingerprint density at radius 3 is 2.93 bits per heavy atom. The predicted octanol–water partition coefficient (Wildman–Crippen LogP) is 2.48. The average molecular weight is 389 g/mol. The summed E-state index contributed by atoms with van der Waals surface area (Å²) in [6.45, 7) is 2.56. The molecule has 7 nitrogen and oxygen atoms in total. The number of carbonyl (C=O) groups is 1. The van der Waals surface area contributed by atoms with Crippen LogP contribution in [0.2, 0.25) is 0 Å². The van der Waals surface area contributed by atoms with Crippen LogP contribution in [0.1, 0.15) is 47.5 Å². The van der Waals surface area contributed by atoms with Gasteiger partial charge in [-0.2, -0.15) is 0 Å². The van der Waals surface area contributed by atoms with E-state index in [0.717, 1.165) is 19.4 Å².